The number of nitrogens with zero attached hydrogens (tertiary/aromatic N) is 1. The second kappa shape index (κ2) is 4.49. The third-order valence-electron chi connectivity index (χ3n) is 3.12. The van der Waals surface area contributed by atoms with Gasteiger partial charge in [-0.25, -0.2) is 13.4 Å². The predicted molar refractivity (Wildman–Crippen MR) is 76.3 cm³/mol. The standard InChI is InChI=1S/C14H14N2O3S/c1-3-9-7-8-11(19-9)14-15-10-5-4-6-12(13(10)16-14)20(2,17)18/h4-8H,3H2,1-2H3,(H,15,16). The molecule has 20 heavy (non-hydrogen) atoms. The molecule has 1 aromatic carbocycles. The molecule has 0 aliphatic carbocycles. The molecule has 0 saturated carbocycles. The smallest absolute Gasteiger partial charge is 0.177 e. The summed E-state index contributed by atoms with van der Waals surface area (Å²) in [7, 11) is -3.31. The maximum absolute atomic E-state index is 11.8. The number of hydrogen-bond donors (Lipinski definition) is 1. The third kappa shape index (κ3) is 2.12. The van der Waals surface area contributed by atoms with Gasteiger partial charge in [-0.2, -0.15) is 0 Å². The van der Waals surface area contributed by atoms with Crippen LogP contribution in [0.5, 0.6) is 0 Å². The van der Waals surface area contributed by atoms with E-state index in [0.29, 0.717) is 22.6 Å². The van der Waals surface area contributed by atoms with Crippen LogP contribution >= 0.6 is 0 Å². The number of fused-ring (bicyclic) bond motifs is 1. The molecule has 0 aliphatic rings. The highest BCUT2D eigenvalue weighted by Crippen LogP contribution is 2.26. The Bertz CT molecular complexity index is 875. The van der Waals surface area contributed by atoms with Crippen LogP contribution < -0.4 is 0 Å². The number of rotatable bonds is 3. The number of aryl methyl sites for hydroxylation is 1. The molecule has 0 fully saturated rings. The molecular weight excluding hydrogens is 276 g/mol. The number of furan rings is 1. The molecule has 0 aliphatic heterocycles. The van der Waals surface area contributed by atoms with E-state index in [1.807, 2.05) is 19.1 Å². The van der Waals surface area contributed by atoms with Crippen LogP contribution in [0.4, 0.5) is 0 Å². The van der Waals surface area contributed by atoms with Gasteiger partial charge in [0.25, 0.3) is 0 Å². The first-order valence-corrected chi connectivity index (χ1v) is 8.16. The highest BCUT2D eigenvalue weighted by Gasteiger charge is 2.16. The number of imidazole rings is 1. The van der Waals surface area contributed by atoms with E-state index in [9.17, 15) is 8.42 Å². The van der Waals surface area contributed by atoms with Crippen LogP contribution in [0.15, 0.2) is 39.6 Å². The molecular formula is C14H14N2O3S. The third-order valence-corrected chi connectivity index (χ3v) is 4.25. The highest BCUT2D eigenvalue weighted by molar-refractivity contribution is 7.91. The Morgan fingerprint density at radius 2 is 2.05 bits per heavy atom. The maximum atomic E-state index is 11.8. The molecule has 0 spiro atoms. The number of benzene rings is 1. The minimum absolute atomic E-state index is 0.222. The van der Waals surface area contributed by atoms with Crippen LogP contribution in [-0.4, -0.2) is 24.6 Å². The first-order valence-electron chi connectivity index (χ1n) is 6.27. The fraction of sp³-hybridized carbons (Fsp3) is 0.214. The zero-order chi connectivity index (χ0) is 14.3. The Morgan fingerprint density at radius 3 is 2.70 bits per heavy atom. The summed E-state index contributed by atoms with van der Waals surface area (Å²) < 4.78 is 29.2. The molecule has 3 aromatic rings. The number of aromatic amines is 1. The van der Waals surface area contributed by atoms with E-state index in [-0.39, 0.29) is 4.90 Å². The molecule has 104 valence electrons. The van der Waals surface area contributed by atoms with Crippen molar-refractivity contribution in [2.24, 2.45) is 0 Å². The SMILES string of the molecule is CCc1ccc(-c2nc3c(S(C)(=O)=O)cccc3[nH]2)o1. The highest BCUT2D eigenvalue weighted by atomic mass is 32.2. The summed E-state index contributed by atoms with van der Waals surface area (Å²) in [5, 5.41) is 0. The van der Waals surface area contributed by atoms with Crippen molar-refractivity contribution in [3.63, 3.8) is 0 Å². The average molecular weight is 290 g/mol. The lowest BCUT2D eigenvalue weighted by Crippen LogP contribution is -1.97. The molecule has 6 heteroatoms. The quantitative estimate of drug-likeness (QED) is 0.804. The molecule has 5 nitrogen and oxygen atoms in total. The van der Waals surface area contributed by atoms with Gasteiger partial charge in [0.2, 0.25) is 0 Å². The van der Waals surface area contributed by atoms with Gasteiger partial charge >= 0.3 is 0 Å². The van der Waals surface area contributed by atoms with E-state index in [1.165, 1.54) is 6.26 Å². The summed E-state index contributed by atoms with van der Waals surface area (Å²) in [5.74, 6) is 2.01. The van der Waals surface area contributed by atoms with E-state index in [4.69, 9.17) is 4.42 Å². The van der Waals surface area contributed by atoms with Crippen molar-refractivity contribution >= 4 is 20.9 Å². The van der Waals surface area contributed by atoms with Crippen LogP contribution in [0, 0.1) is 0 Å². The van der Waals surface area contributed by atoms with Crippen molar-refractivity contribution in [3.8, 4) is 11.6 Å². The minimum Gasteiger partial charge on any atom is -0.458 e. The molecule has 0 radical (unpaired) electrons. The monoisotopic (exact) mass is 290 g/mol. The zero-order valence-corrected chi connectivity index (χ0v) is 12.0. The zero-order valence-electron chi connectivity index (χ0n) is 11.2. The molecule has 0 amide bonds. The fourth-order valence-corrected chi connectivity index (χ4v) is 2.95. The van der Waals surface area contributed by atoms with E-state index >= 15 is 0 Å². The lowest BCUT2D eigenvalue weighted by atomic mass is 10.3. The first-order chi connectivity index (χ1) is 9.49. The van der Waals surface area contributed by atoms with Crippen molar-refractivity contribution in [3.05, 3.63) is 36.1 Å². The number of sulfone groups is 1. The second-order valence-electron chi connectivity index (χ2n) is 4.63. The Balaban J connectivity index is 2.20. The van der Waals surface area contributed by atoms with Gasteiger partial charge in [-0.15, -0.1) is 0 Å². The summed E-state index contributed by atoms with van der Waals surface area (Å²) >= 11 is 0. The topological polar surface area (TPSA) is 76.0 Å². The lowest BCUT2D eigenvalue weighted by Gasteiger charge is -1.97. The van der Waals surface area contributed by atoms with Crippen LogP contribution in [0.2, 0.25) is 0 Å². The molecule has 0 bridgehead atoms. The molecule has 3 rings (SSSR count). The van der Waals surface area contributed by atoms with E-state index in [0.717, 1.165) is 12.2 Å². The number of para-hydroxylation sites is 1. The van der Waals surface area contributed by atoms with Gasteiger partial charge in [0.1, 0.15) is 11.3 Å². The van der Waals surface area contributed by atoms with Gasteiger partial charge < -0.3 is 9.40 Å². The van der Waals surface area contributed by atoms with E-state index in [1.54, 1.807) is 18.2 Å². The van der Waals surface area contributed by atoms with Gasteiger partial charge in [0.15, 0.2) is 21.4 Å². The summed E-state index contributed by atoms with van der Waals surface area (Å²) in [6.45, 7) is 2.00. The predicted octanol–water partition coefficient (Wildman–Crippen LogP) is 2.79. The van der Waals surface area contributed by atoms with Crippen LogP contribution in [-0.2, 0) is 16.3 Å². The average Bonchev–Trinajstić information content (AvgIpc) is 3.02. The van der Waals surface area contributed by atoms with Gasteiger partial charge in [-0.3, -0.25) is 0 Å². The molecule has 0 unspecified atom stereocenters. The molecule has 2 aromatic heterocycles. The Kier molecular flexibility index (Phi) is 2.90. The Morgan fingerprint density at radius 1 is 1.25 bits per heavy atom. The number of nitrogens with one attached hydrogen (secondary N) is 1. The number of aromatic nitrogens is 2. The van der Waals surface area contributed by atoms with Crippen molar-refractivity contribution in [2.45, 2.75) is 18.2 Å². The largest absolute Gasteiger partial charge is 0.458 e. The Labute approximate surface area is 116 Å². The van der Waals surface area contributed by atoms with Gasteiger partial charge in [-0.1, -0.05) is 13.0 Å². The summed E-state index contributed by atoms with van der Waals surface area (Å²) in [5.41, 5.74) is 1.12. The molecule has 0 saturated heterocycles. The maximum Gasteiger partial charge on any atom is 0.177 e. The van der Waals surface area contributed by atoms with Crippen molar-refractivity contribution in [2.75, 3.05) is 6.26 Å². The van der Waals surface area contributed by atoms with Gasteiger partial charge in [-0.05, 0) is 24.3 Å². The van der Waals surface area contributed by atoms with E-state index in [2.05, 4.69) is 9.97 Å². The second-order valence-corrected chi connectivity index (χ2v) is 6.61. The minimum atomic E-state index is -3.31. The van der Waals surface area contributed by atoms with Gasteiger partial charge in [0.05, 0.1) is 10.4 Å². The summed E-state index contributed by atoms with van der Waals surface area (Å²) in [6, 6.07) is 8.77. The molecule has 1 N–H and O–H groups in total. The molecule has 0 atom stereocenters. The van der Waals surface area contributed by atoms with Crippen LogP contribution in [0.25, 0.3) is 22.6 Å². The molecule has 2 heterocycles. The van der Waals surface area contributed by atoms with E-state index < -0.39 is 9.84 Å². The normalized spacial score (nSPS) is 12.1. The lowest BCUT2D eigenvalue weighted by molar-refractivity contribution is 0.526. The number of H-pyrrole nitrogens is 1. The summed E-state index contributed by atoms with van der Waals surface area (Å²) in [4.78, 5) is 7.68. The van der Waals surface area contributed by atoms with Gasteiger partial charge in [0, 0.05) is 12.7 Å². The van der Waals surface area contributed by atoms with Crippen molar-refractivity contribution in [1.82, 2.24) is 9.97 Å². The van der Waals surface area contributed by atoms with Crippen LogP contribution in [0.3, 0.4) is 0 Å². The fourth-order valence-electron chi connectivity index (χ4n) is 2.12. The summed E-state index contributed by atoms with van der Waals surface area (Å²) in [6.07, 6.45) is 1.98. The Hall–Kier alpha value is -2.08. The van der Waals surface area contributed by atoms with Crippen molar-refractivity contribution in [1.29, 1.82) is 0 Å². The van der Waals surface area contributed by atoms with Crippen molar-refractivity contribution < 1.29 is 12.8 Å². The first kappa shape index (κ1) is 12.9. The number of hydrogen-bond acceptors (Lipinski definition) is 4. The van der Waals surface area contributed by atoms with Crippen LogP contribution in [0.1, 0.15) is 12.7 Å².